The first-order valence-electron chi connectivity index (χ1n) is 4.66. The number of ether oxygens (including phenoxy) is 1. The maximum absolute atomic E-state index is 7.15. The highest BCUT2D eigenvalue weighted by Crippen LogP contribution is 2.13. The summed E-state index contributed by atoms with van der Waals surface area (Å²) in [5.74, 6) is 1.04. The van der Waals surface area contributed by atoms with Crippen molar-refractivity contribution in [2.24, 2.45) is 5.73 Å². The van der Waals surface area contributed by atoms with Crippen molar-refractivity contribution in [1.29, 1.82) is 5.41 Å². The average Bonchev–Trinajstić information content (AvgIpc) is 2.06. The van der Waals surface area contributed by atoms with Crippen LogP contribution in [0.5, 0.6) is 5.75 Å². The van der Waals surface area contributed by atoms with E-state index in [4.69, 9.17) is 15.9 Å². The fourth-order valence-corrected chi connectivity index (χ4v) is 1.18. The van der Waals surface area contributed by atoms with Crippen LogP contribution in [0.3, 0.4) is 0 Å². The van der Waals surface area contributed by atoms with Gasteiger partial charge in [0.2, 0.25) is 0 Å². The summed E-state index contributed by atoms with van der Waals surface area (Å²) in [6.07, 6.45) is 0.691. The molecule has 0 aliphatic carbocycles. The Morgan fingerprint density at radius 3 is 2.36 bits per heavy atom. The molecule has 0 aliphatic heterocycles. The van der Waals surface area contributed by atoms with Crippen LogP contribution < -0.4 is 10.5 Å². The summed E-state index contributed by atoms with van der Waals surface area (Å²) >= 11 is 0. The number of nitrogens with two attached hydrogens (primary N) is 1. The zero-order chi connectivity index (χ0) is 10.6. The fourth-order valence-electron chi connectivity index (χ4n) is 1.18. The van der Waals surface area contributed by atoms with Gasteiger partial charge < -0.3 is 10.5 Å². The molecule has 3 N–H and O–H groups in total. The van der Waals surface area contributed by atoms with Crippen LogP contribution in [0, 0.1) is 5.41 Å². The highest BCUT2D eigenvalue weighted by Gasteiger charge is 1.98. The first-order valence-corrected chi connectivity index (χ1v) is 4.66. The quantitative estimate of drug-likeness (QED) is 0.566. The van der Waals surface area contributed by atoms with E-state index < -0.39 is 0 Å². The third-order valence-corrected chi connectivity index (χ3v) is 1.69. The number of nitrogens with one attached hydrogen (secondary N) is 1. The Bertz CT molecular complexity index is 304. The predicted octanol–water partition coefficient (Wildman–Crippen LogP) is 1.95. The van der Waals surface area contributed by atoms with Gasteiger partial charge in [0.1, 0.15) is 5.75 Å². The van der Waals surface area contributed by atoms with Crippen LogP contribution in [0.1, 0.15) is 19.4 Å². The van der Waals surface area contributed by atoms with Gasteiger partial charge >= 0.3 is 0 Å². The minimum absolute atomic E-state index is 0.183. The molecule has 1 rings (SSSR count). The highest BCUT2D eigenvalue weighted by molar-refractivity contribution is 5.79. The standard InChI is InChI=1S/C11H16N2O/c1-8(2)14-10-5-3-9(4-6-10)7-11(12)13/h3-6,8H,7H2,1-2H3,(H3,12,13). The van der Waals surface area contributed by atoms with Crippen LogP contribution in [0.2, 0.25) is 0 Å². The van der Waals surface area contributed by atoms with Crippen molar-refractivity contribution in [1.82, 2.24) is 0 Å². The molecule has 0 aromatic heterocycles. The van der Waals surface area contributed by atoms with Crippen LogP contribution in [0.15, 0.2) is 24.3 Å². The maximum Gasteiger partial charge on any atom is 0.119 e. The van der Waals surface area contributed by atoms with E-state index >= 15 is 0 Å². The summed E-state index contributed by atoms with van der Waals surface area (Å²) in [5, 5.41) is 7.15. The van der Waals surface area contributed by atoms with Gasteiger partial charge in [-0.05, 0) is 31.5 Å². The second kappa shape index (κ2) is 4.65. The zero-order valence-corrected chi connectivity index (χ0v) is 8.58. The topological polar surface area (TPSA) is 59.1 Å². The van der Waals surface area contributed by atoms with E-state index in [0.29, 0.717) is 6.42 Å². The molecular weight excluding hydrogens is 176 g/mol. The van der Waals surface area contributed by atoms with E-state index in [9.17, 15) is 0 Å². The summed E-state index contributed by atoms with van der Waals surface area (Å²) in [6.45, 7) is 3.98. The van der Waals surface area contributed by atoms with Gasteiger partial charge in [0.05, 0.1) is 11.9 Å². The lowest BCUT2D eigenvalue weighted by Crippen LogP contribution is -2.12. The van der Waals surface area contributed by atoms with E-state index in [1.54, 1.807) is 0 Å². The largest absolute Gasteiger partial charge is 0.491 e. The molecule has 0 amide bonds. The van der Waals surface area contributed by atoms with Crippen molar-refractivity contribution in [3.63, 3.8) is 0 Å². The smallest absolute Gasteiger partial charge is 0.119 e. The van der Waals surface area contributed by atoms with Crippen molar-refractivity contribution in [2.75, 3.05) is 0 Å². The van der Waals surface area contributed by atoms with Gasteiger partial charge in [-0.2, -0.15) is 0 Å². The van der Waals surface area contributed by atoms with E-state index in [2.05, 4.69) is 0 Å². The molecule has 0 saturated heterocycles. The number of hydrogen-bond acceptors (Lipinski definition) is 2. The van der Waals surface area contributed by atoms with Crippen molar-refractivity contribution in [3.05, 3.63) is 29.8 Å². The molecule has 0 saturated carbocycles. The highest BCUT2D eigenvalue weighted by atomic mass is 16.5. The van der Waals surface area contributed by atoms with Gasteiger partial charge in [-0.25, -0.2) is 0 Å². The van der Waals surface area contributed by atoms with Gasteiger partial charge in [0.25, 0.3) is 0 Å². The van der Waals surface area contributed by atoms with Crippen molar-refractivity contribution < 1.29 is 4.74 Å². The lowest BCUT2D eigenvalue weighted by Gasteiger charge is -2.09. The Morgan fingerprint density at radius 1 is 1.36 bits per heavy atom. The van der Waals surface area contributed by atoms with Crippen LogP contribution in [0.25, 0.3) is 0 Å². The number of hydrogen-bond donors (Lipinski definition) is 2. The lowest BCUT2D eigenvalue weighted by molar-refractivity contribution is 0.242. The van der Waals surface area contributed by atoms with E-state index in [0.717, 1.165) is 11.3 Å². The van der Waals surface area contributed by atoms with Gasteiger partial charge in [-0.3, -0.25) is 5.41 Å². The Labute approximate surface area is 84.4 Å². The summed E-state index contributed by atoms with van der Waals surface area (Å²) < 4.78 is 5.49. The third-order valence-electron chi connectivity index (χ3n) is 1.69. The molecule has 0 fully saturated rings. The molecule has 0 heterocycles. The minimum atomic E-state index is 0.183. The van der Waals surface area contributed by atoms with Gasteiger partial charge in [0.15, 0.2) is 0 Å². The lowest BCUT2D eigenvalue weighted by atomic mass is 10.1. The van der Waals surface area contributed by atoms with Gasteiger partial charge in [0, 0.05) is 6.42 Å². The first-order chi connectivity index (χ1) is 6.58. The van der Waals surface area contributed by atoms with E-state index in [1.165, 1.54) is 0 Å². The molecule has 3 heteroatoms. The maximum atomic E-state index is 7.15. The molecule has 1 aromatic carbocycles. The molecule has 0 atom stereocenters. The molecule has 1 aromatic rings. The van der Waals surface area contributed by atoms with Gasteiger partial charge in [-0.1, -0.05) is 12.1 Å². The predicted molar refractivity (Wildman–Crippen MR) is 57.8 cm³/mol. The molecule has 14 heavy (non-hydrogen) atoms. The van der Waals surface area contributed by atoms with Crippen LogP contribution in [0.4, 0.5) is 0 Å². The number of rotatable bonds is 4. The molecule has 3 nitrogen and oxygen atoms in total. The van der Waals surface area contributed by atoms with Crippen LogP contribution in [-0.2, 0) is 6.42 Å². The second-order valence-electron chi connectivity index (χ2n) is 3.51. The minimum Gasteiger partial charge on any atom is -0.491 e. The van der Waals surface area contributed by atoms with Crippen molar-refractivity contribution >= 4 is 5.84 Å². The Hall–Kier alpha value is -1.51. The molecule has 76 valence electrons. The molecule has 0 spiro atoms. The van der Waals surface area contributed by atoms with E-state index in [-0.39, 0.29) is 11.9 Å². The third kappa shape index (κ3) is 3.47. The van der Waals surface area contributed by atoms with E-state index in [1.807, 2.05) is 38.1 Å². The molecule has 0 unspecified atom stereocenters. The summed E-state index contributed by atoms with van der Waals surface area (Å²) in [4.78, 5) is 0. The van der Waals surface area contributed by atoms with Crippen LogP contribution >= 0.6 is 0 Å². The SMILES string of the molecule is CC(C)Oc1ccc(CC(=N)N)cc1. The summed E-state index contributed by atoms with van der Waals surface area (Å²) in [6, 6.07) is 7.66. The molecule has 0 radical (unpaired) electrons. The fraction of sp³-hybridized carbons (Fsp3) is 0.364. The van der Waals surface area contributed by atoms with Gasteiger partial charge in [-0.15, -0.1) is 0 Å². The number of benzene rings is 1. The Kier molecular flexibility index (Phi) is 3.51. The Morgan fingerprint density at radius 2 is 1.93 bits per heavy atom. The normalized spacial score (nSPS) is 10.2. The first kappa shape index (κ1) is 10.6. The molecule has 0 bridgehead atoms. The summed E-state index contributed by atoms with van der Waals surface area (Å²) in [5.41, 5.74) is 6.33. The van der Waals surface area contributed by atoms with Crippen molar-refractivity contribution in [3.8, 4) is 5.75 Å². The second-order valence-corrected chi connectivity index (χ2v) is 3.51. The summed E-state index contributed by atoms with van der Waals surface area (Å²) in [7, 11) is 0. The monoisotopic (exact) mass is 192 g/mol. The molecular formula is C11H16N2O. The van der Waals surface area contributed by atoms with Crippen molar-refractivity contribution in [2.45, 2.75) is 26.4 Å². The Balaban J connectivity index is 2.63. The average molecular weight is 192 g/mol. The zero-order valence-electron chi connectivity index (χ0n) is 8.58. The number of amidine groups is 1. The van der Waals surface area contributed by atoms with Crippen LogP contribution in [-0.4, -0.2) is 11.9 Å². The molecule has 0 aliphatic rings.